The van der Waals surface area contributed by atoms with Gasteiger partial charge in [0, 0.05) is 45.3 Å². The monoisotopic (exact) mass is 201 g/mol. The van der Waals surface area contributed by atoms with Crippen molar-refractivity contribution in [1.29, 1.82) is 0 Å². The third-order valence-electron chi connectivity index (χ3n) is 3.46. The van der Waals surface area contributed by atoms with Crippen molar-refractivity contribution in [3.8, 4) is 0 Å². The maximum Gasteiger partial charge on any atom is 0.0305 e. The highest BCUT2D eigenvalue weighted by molar-refractivity contribution is 4.80. The molecular formula is C10H20FN3. The van der Waals surface area contributed by atoms with E-state index in [0.29, 0.717) is 19.1 Å². The van der Waals surface area contributed by atoms with Gasteiger partial charge in [-0.25, -0.2) is 0 Å². The Kier molecular flexibility index (Phi) is 3.36. The molecule has 0 aromatic heterocycles. The highest BCUT2D eigenvalue weighted by Crippen LogP contribution is 2.17. The fourth-order valence-corrected chi connectivity index (χ4v) is 2.39. The zero-order valence-corrected chi connectivity index (χ0v) is 8.95. The first-order valence-corrected chi connectivity index (χ1v) is 5.59. The topological polar surface area (TPSA) is 9.72 Å². The van der Waals surface area contributed by atoms with E-state index in [2.05, 4.69) is 16.8 Å². The Hall–Kier alpha value is -0.190. The largest absolute Gasteiger partial charge is 0.304 e. The van der Waals surface area contributed by atoms with Crippen molar-refractivity contribution < 1.29 is 4.48 Å². The van der Waals surface area contributed by atoms with Crippen LogP contribution in [0.5, 0.6) is 0 Å². The number of nitrogens with zero attached hydrogens (tertiary/aromatic N) is 3. The van der Waals surface area contributed by atoms with Crippen LogP contribution >= 0.6 is 0 Å². The van der Waals surface area contributed by atoms with Crippen LogP contribution < -0.4 is 0 Å². The number of halogens is 1. The molecule has 0 N–H and O–H groups in total. The molecule has 2 saturated heterocycles. The normalized spacial score (nSPS) is 29.6. The Morgan fingerprint density at radius 2 is 1.50 bits per heavy atom. The average Bonchev–Trinajstić information content (AvgIpc) is 2.21. The van der Waals surface area contributed by atoms with E-state index in [9.17, 15) is 4.48 Å². The first-order chi connectivity index (χ1) is 6.75. The van der Waals surface area contributed by atoms with Gasteiger partial charge in [0.05, 0.1) is 0 Å². The maximum absolute atomic E-state index is 12.8. The SMILES string of the molecule is CN1CCN(C2CCN(F)CC2)CC1. The molecule has 2 rings (SSSR count). The lowest BCUT2D eigenvalue weighted by molar-refractivity contribution is -0.0268. The Bertz CT molecular complexity index is 152. The van der Waals surface area contributed by atoms with Gasteiger partial charge < -0.3 is 4.90 Å². The number of likely N-dealkylation sites (N-methyl/N-ethyl adjacent to an activating group) is 1. The quantitative estimate of drug-likeness (QED) is 0.575. The lowest BCUT2D eigenvalue weighted by Gasteiger charge is -2.40. The predicted octanol–water partition coefficient (Wildman–Crippen LogP) is 0.583. The third-order valence-corrected chi connectivity index (χ3v) is 3.46. The predicted molar refractivity (Wildman–Crippen MR) is 54.8 cm³/mol. The van der Waals surface area contributed by atoms with Crippen LogP contribution in [0.15, 0.2) is 0 Å². The Labute approximate surface area is 85.4 Å². The Balaban J connectivity index is 1.78. The molecule has 14 heavy (non-hydrogen) atoms. The molecule has 2 fully saturated rings. The van der Waals surface area contributed by atoms with Gasteiger partial charge in [-0.3, -0.25) is 4.90 Å². The molecule has 0 amide bonds. The van der Waals surface area contributed by atoms with Crippen LogP contribution in [-0.4, -0.2) is 67.3 Å². The molecule has 0 unspecified atom stereocenters. The third kappa shape index (κ3) is 2.43. The second-order valence-electron chi connectivity index (χ2n) is 4.48. The molecule has 0 aromatic rings. The van der Waals surface area contributed by atoms with Gasteiger partial charge in [-0.15, -0.1) is 9.60 Å². The standard InChI is InChI=1S/C10H20FN3/c1-12-6-8-13(9-7-12)10-2-4-14(11)5-3-10/h10H,2-9H2,1H3. The molecular weight excluding hydrogens is 181 g/mol. The fraction of sp³-hybridized carbons (Fsp3) is 1.00. The van der Waals surface area contributed by atoms with Crippen molar-refractivity contribution in [3.63, 3.8) is 0 Å². The summed E-state index contributed by atoms with van der Waals surface area (Å²) in [5.41, 5.74) is 0. The molecule has 4 heteroatoms. The van der Waals surface area contributed by atoms with E-state index in [1.165, 1.54) is 0 Å². The Morgan fingerprint density at radius 1 is 0.929 bits per heavy atom. The summed E-state index contributed by atoms with van der Waals surface area (Å²) in [7, 11) is 2.17. The minimum atomic E-state index is 0.622. The summed E-state index contributed by atoms with van der Waals surface area (Å²) in [6.45, 7) is 5.89. The summed E-state index contributed by atoms with van der Waals surface area (Å²) in [6, 6.07) is 0.635. The molecule has 2 heterocycles. The molecule has 0 aromatic carbocycles. The van der Waals surface area contributed by atoms with E-state index in [-0.39, 0.29) is 0 Å². The van der Waals surface area contributed by atoms with Crippen molar-refractivity contribution >= 4 is 0 Å². The summed E-state index contributed by atoms with van der Waals surface area (Å²) in [5, 5.41) is 0.951. The van der Waals surface area contributed by atoms with Gasteiger partial charge in [0.15, 0.2) is 0 Å². The van der Waals surface area contributed by atoms with Gasteiger partial charge in [0.25, 0.3) is 0 Å². The lowest BCUT2D eigenvalue weighted by Crippen LogP contribution is -2.51. The lowest BCUT2D eigenvalue weighted by atomic mass is 10.0. The van der Waals surface area contributed by atoms with Gasteiger partial charge in [0.1, 0.15) is 0 Å². The van der Waals surface area contributed by atoms with E-state index >= 15 is 0 Å². The molecule has 2 aliphatic rings. The number of piperidine rings is 1. The number of rotatable bonds is 1. The smallest absolute Gasteiger partial charge is 0.0305 e. The summed E-state index contributed by atoms with van der Waals surface area (Å²) in [4.78, 5) is 4.90. The second kappa shape index (κ2) is 4.55. The molecule has 0 bridgehead atoms. The van der Waals surface area contributed by atoms with Crippen molar-refractivity contribution in [2.45, 2.75) is 18.9 Å². The molecule has 0 aliphatic carbocycles. The maximum atomic E-state index is 12.8. The van der Waals surface area contributed by atoms with Crippen molar-refractivity contribution in [1.82, 2.24) is 14.9 Å². The van der Waals surface area contributed by atoms with Crippen molar-refractivity contribution in [2.75, 3.05) is 46.3 Å². The molecule has 0 saturated carbocycles. The second-order valence-corrected chi connectivity index (χ2v) is 4.48. The van der Waals surface area contributed by atoms with E-state index in [1.54, 1.807) is 0 Å². The van der Waals surface area contributed by atoms with Gasteiger partial charge >= 0.3 is 0 Å². The Morgan fingerprint density at radius 3 is 2.07 bits per heavy atom. The van der Waals surface area contributed by atoms with Crippen molar-refractivity contribution in [3.05, 3.63) is 0 Å². The van der Waals surface area contributed by atoms with Crippen LogP contribution in [0, 0.1) is 0 Å². The fourth-order valence-electron chi connectivity index (χ4n) is 2.39. The van der Waals surface area contributed by atoms with Crippen LogP contribution in [0.1, 0.15) is 12.8 Å². The molecule has 0 atom stereocenters. The van der Waals surface area contributed by atoms with Gasteiger partial charge in [0.2, 0.25) is 0 Å². The van der Waals surface area contributed by atoms with Crippen LogP contribution in [0.25, 0.3) is 0 Å². The summed E-state index contributed by atoms with van der Waals surface area (Å²) in [5.74, 6) is 0. The van der Waals surface area contributed by atoms with Crippen LogP contribution in [-0.2, 0) is 0 Å². The number of hydrogen-bond acceptors (Lipinski definition) is 3. The molecule has 2 aliphatic heterocycles. The summed E-state index contributed by atoms with van der Waals surface area (Å²) < 4.78 is 12.8. The van der Waals surface area contributed by atoms with E-state index in [0.717, 1.165) is 44.1 Å². The molecule has 0 radical (unpaired) electrons. The van der Waals surface area contributed by atoms with Gasteiger partial charge in [-0.1, -0.05) is 0 Å². The molecule has 0 spiro atoms. The molecule has 3 nitrogen and oxygen atoms in total. The number of hydrogen-bond donors (Lipinski definition) is 0. The van der Waals surface area contributed by atoms with Crippen LogP contribution in [0.3, 0.4) is 0 Å². The average molecular weight is 201 g/mol. The van der Waals surface area contributed by atoms with Crippen LogP contribution in [0.4, 0.5) is 4.48 Å². The van der Waals surface area contributed by atoms with Crippen molar-refractivity contribution in [2.24, 2.45) is 0 Å². The zero-order chi connectivity index (χ0) is 9.97. The highest BCUT2D eigenvalue weighted by Gasteiger charge is 2.26. The van der Waals surface area contributed by atoms with E-state index in [1.807, 2.05) is 0 Å². The van der Waals surface area contributed by atoms with Gasteiger partial charge in [-0.05, 0) is 19.9 Å². The highest BCUT2D eigenvalue weighted by atomic mass is 19.2. The molecule has 82 valence electrons. The minimum absolute atomic E-state index is 0.622. The summed E-state index contributed by atoms with van der Waals surface area (Å²) in [6.07, 6.45) is 2.00. The zero-order valence-electron chi connectivity index (χ0n) is 8.95. The van der Waals surface area contributed by atoms with Gasteiger partial charge in [-0.2, -0.15) is 0 Å². The van der Waals surface area contributed by atoms with Crippen LogP contribution in [0.2, 0.25) is 0 Å². The minimum Gasteiger partial charge on any atom is -0.304 e. The number of piperazine rings is 1. The first-order valence-electron chi connectivity index (χ1n) is 5.59. The summed E-state index contributed by atoms with van der Waals surface area (Å²) >= 11 is 0. The van der Waals surface area contributed by atoms with E-state index < -0.39 is 0 Å². The first kappa shape index (κ1) is 10.3. The van der Waals surface area contributed by atoms with E-state index in [4.69, 9.17) is 0 Å².